The number of hydrogen-bond donors (Lipinski definition) is 0. The molecular formula is C19H23ClO. The van der Waals surface area contributed by atoms with Gasteiger partial charge in [-0.25, -0.2) is 0 Å². The highest BCUT2D eigenvalue weighted by molar-refractivity contribution is 6.32. The monoisotopic (exact) mass is 302 g/mol. The predicted molar refractivity (Wildman–Crippen MR) is 91.3 cm³/mol. The van der Waals surface area contributed by atoms with E-state index >= 15 is 0 Å². The highest BCUT2D eigenvalue weighted by Crippen LogP contribution is 2.30. The Labute approximate surface area is 132 Å². The van der Waals surface area contributed by atoms with Crippen LogP contribution in [0.15, 0.2) is 42.5 Å². The molecular weight excluding hydrogens is 280 g/mol. The molecule has 0 heterocycles. The number of methoxy groups -OCH3 is 1. The normalized spacial score (nSPS) is 10.6. The van der Waals surface area contributed by atoms with E-state index in [1.165, 1.54) is 43.2 Å². The van der Waals surface area contributed by atoms with E-state index in [1.807, 2.05) is 18.2 Å². The van der Waals surface area contributed by atoms with Crippen molar-refractivity contribution in [1.29, 1.82) is 0 Å². The fourth-order valence-corrected chi connectivity index (χ4v) is 2.72. The Morgan fingerprint density at radius 1 is 0.905 bits per heavy atom. The molecule has 0 unspecified atom stereocenters. The zero-order valence-electron chi connectivity index (χ0n) is 12.9. The Hall–Kier alpha value is -1.47. The van der Waals surface area contributed by atoms with Gasteiger partial charge in [-0.2, -0.15) is 0 Å². The van der Waals surface area contributed by atoms with Gasteiger partial charge in [0.25, 0.3) is 0 Å². The van der Waals surface area contributed by atoms with Crippen molar-refractivity contribution in [2.24, 2.45) is 0 Å². The second-order valence-electron chi connectivity index (χ2n) is 5.36. The molecule has 0 spiro atoms. The van der Waals surface area contributed by atoms with Crippen molar-refractivity contribution < 1.29 is 4.74 Å². The molecule has 0 aliphatic heterocycles. The van der Waals surface area contributed by atoms with E-state index in [9.17, 15) is 0 Å². The minimum absolute atomic E-state index is 0.652. The van der Waals surface area contributed by atoms with Crippen LogP contribution in [0.25, 0.3) is 11.1 Å². The molecule has 0 aromatic heterocycles. The number of hydrogen-bond acceptors (Lipinski definition) is 1. The zero-order chi connectivity index (χ0) is 15.1. The van der Waals surface area contributed by atoms with Crippen molar-refractivity contribution in [3.63, 3.8) is 0 Å². The van der Waals surface area contributed by atoms with E-state index < -0.39 is 0 Å². The van der Waals surface area contributed by atoms with E-state index in [1.54, 1.807) is 7.11 Å². The number of benzene rings is 2. The summed E-state index contributed by atoms with van der Waals surface area (Å²) in [6.45, 7) is 2.24. The van der Waals surface area contributed by atoms with Crippen LogP contribution in [0.3, 0.4) is 0 Å². The summed E-state index contributed by atoms with van der Waals surface area (Å²) >= 11 is 6.18. The third kappa shape index (κ3) is 4.50. The first kappa shape index (κ1) is 15.9. The summed E-state index contributed by atoms with van der Waals surface area (Å²) in [5, 5.41) is 0.652. The van der Waals surface area contributed by atoms with Crippen LogP contribution >= 0.6 is 11.6 Å². The molecule has 0 atom stereocenters. The number of halogens is 1. The third-order valence-electron chi connectivity index (χ3n) is 3.76. The Balaban J connectivity index is 2.03. The van der Waals surface area contributed by atoms with Crippen molar-refractivity contribution in [3.05, 3.63) is 53.1 Å². The fraction of sp³-hybridized carbons (Fsp3) is 0.368. The highest BCUT2D eigenvalue weighted by atomic mass is 35.5. The lowest BCUT2D eigenvalue weighted by molar-refractivity contribution is 0.415. The van der Waals surface area contributed by atoms with Crippen molar-refractivity contribution in [3.8, 4) is 16.9 Å². The van der Waals surface area contributed by atoms with Gasteiger partial charge in [0.05, 0.1) is 12.1 Å². The summed E-state index contributed by atoms with van der Waals surface area (Å²) in [5.74, 6) is 0.716. The smallest absolute Gasteiger partial charge is 0.137 e. The summed E-state index contributed by atoms with van der Waals surface area (Å²) in [6.07, 6.45) is 6.40. The Morgan fingerprint density at radius 2 is 1.62 bits per heavy atom. The molecule has 0 aliphatic carbocycles. The summed E-state index contributed by atoms with van der Waals surface area (Å²) in [5.41, 5.74) is 3.73. The van der Waals surface area contributed by atoms with Gasteiger partial charge in [0.1, 0.15) is 5.75 Å². The molecule has 112 valence electrons. The Morgan fingerprint density at radius 3 is 2.24 bits per heavy atom. The van der Waals surface area contributed by atoms with Crippen molar-refractivity contribution in [2.75, 3.05) is 7.11 Å². The highest BCUT2D eigenvalue weighted by Gasteiger charge is 2.04. The quantitative estimate of drug-likeness (QED) is 0.558. The molecule has 2 aromatic rings. The van der Waals surface area contributed by atoms with E-state index in [2.05, 4.69) is 31.2 Å². The molecule has 21 heavy (non-hydrogen) atoms. The van der Waals surface area contributed by atoms with Crippen LogP contribution < -0.4 is 4.74 Å². The number of ether oxygens (including phenoxy) is 1. The van der Waals surface area contributed by atoms with Gasteiger partial charge < -0.3 is 4.74 Å². The van der Waals surface area contributed by atoms with Gasteiger partial charge in [-0.1, -0.05) is 68.1 Å². The first-order valence-electron chi connectivity index (χ1n) is 7.67. The van der Waals surface area contributed by atoms with E-state index in [-0.39, 0.29) is 0 Å². The van der Waals surface area contributed by atoms with Gasteiger partial charge in [-0.3, -0.25) is 0 Å². The van der Waals surface area contributed by atoms with Gasteiger partial charge in [0, 0.05) is 0 Å². The SMILES string of the molecule is CCCCCCc1ccc(-c2ccc(OC)c(Cl)c2)cc1. The molecule has 0 saturated carbocycles. The van der Waals surface area contributed by atoms with Crippen LogP contribution in [0, 0.1) is 0 Å². The lowest BCUT2D eigenvalue weighted by Gasteiger charge is -2.07. The lowest BCUT2D eigenvalue weighted by Crippen LogP contribution is -1.87. The summed E-state index contributed by atoms with van der Waals surface area (Å²) in [7, 11) is 1.63. The molecule has 2 rings (SSSR count). The largest absolute Gasteiger partial charge is 0.495 e. The molecule has 0 amide bonds. The Bertz CT molecular complexity index is 560. The molecule has 0 radical (unpaired) electrons. The first-order valence-corrected chi connectivity index (χ1v) is 8.05. The lowest BCUT2D eigenvalue weighted by atomic mass is 10.0. The maximum Gasteiger partial charge on any atom is 0.137 e. The molecule has 0 fully saturated rings. The van der Waals surface area contributed by atoms with Crippen LogP contribution in [0.1, 0.15) is 38.2 Å². The fourth-order valence-electron chi connectivity index (χ4n) is 2.47. The number of rotatable bonds is 7. The second kappa shape index (κ2) is 8.09. The first-order chi connectivity index (χ1) is 10.2. The van der Waals surface area contributed by atoms with Crippen molar-refractivity contribution in [2.45, 2.75) is 39.0 Å². The third-order valence-corrected chi connectivity index (χ3v) is 4.05. The molecule has 0 N–H and O–H groups in total. The van der Waals surface area contributed by atoms with Gasteiger partial charge in [0.2, 0.25) is 0 Å². The van der Waals surface area contributed by atoms with Crippen LogP contribution in [-0.4, -0.2) is 7.11 Å². The topological polar surface area (TPSA) is 9.23 Å². The van der Waals surface area contributed by atoms with Gasteiger partial charge in [-0.15, -0.1) is 0 Å². The molecule has 0 saturated heterocycles. The second-order valence-corrected chi connectivity index (χ2v) is 5.76. The molecule has 0 bridgehead atoms. The summed E-state index contributed by atoms with van der Waals surface area (Å²) < 4.78 is 5.19. The molecule has 2 aromatic carbocycles. The minimum Gasteiger partial charge on any atom is -0.495 e. The standard InChI is InChI=1S/C19H23ClO/c1-3-4-5-6-7-15-8-10-16(11-9-15)17-12-13-19(21-2)18(20)14-17/h8-14H,3-7H2,1-2H3. The number of aryl methyl sites for hydroxylation is 1. The predicted octanol–water partition coefficient (Wildman–Crippen LogP) is 6.14. The van der Waals surface area contributed by atoms with E-state index in [4.69, 9.17) is 16.3 Å². The van der Waals surface area contributed by atoms with Gasteiger partial charge in [-0.05, 0) is 41.7 Å². The maximum atomic E-state index is 6.18. The van der Waals surface area contributed by atoms with Crippen LogP contribution in [0.5, 0.6) is 5.75 Å². The zero-order valence-corrected chi connectivity index (χ0v) is 13.6. The van der Waals surface area contributed by atoms with E-state index in [0.29, 0.717) is 10.8 Å². The van der Waals surface area contributed by atoms with Gasteiger partial charge in [0.15, 0.2) is 0 Å². The van der Waals surface area contributed by atoms with E-state index in [0.717, 1.165) is 5.56 Å². The molecule has 2 heteroatoms. The van der Waals surface area contributed by atoms with Crippen LogP contribution in [-0.2, 0) is 6.42 Å². The average Bonchev–Trinajstić information content (AvgIpc) is 2.52. The molecule has 0 aliphatic rings. The maximum absolute atomic E-state index is 6.18. The Kier molecular flexibility index (Phi) is 6.13. The van der Waals surface area contributed by atoms with Crippen molar-refractivity contribution >= 4 is 11.6 Å². The summed E-state index contributed by atoms with van der Waals surface area (Å²) in [4.78, 5) is 0. The van der Waals surface area contributed by atoms with Crippen molar-refractivity contribution in [1.82, 2.24) is 0 Å². The van der Waals surface area contributed by atoms with Crippen LogP contribution in [0.4, 0.5) is 0 Å². The minimum atomic E-state index is 0.652. The summed E-state index contributed by atoms with van der Waals surface area (Å²) in [6, 6.07) is 14.7. The number of unbranched alkanes of at least 4 members (excludes halogenated alkanes) is 3. The van der Waals surface area contributed by atoms with Gasteiger partial charge >= 0.3 is 0 Å². The average molecular weight is 303 g/mol. The molecule has 1 nitrogen and oxygen atoms in total. The van der Waals surface area contributed by atoms with Crippen LogP contribution in [0.2, 0.25) is 5.02 Å².